The molecule has 0 aliphatic carbocycles. The van der Waals surface area contributed by atoms with Crippen LogP contribution in [0.1, 0.15) is 31.7 Å². The smallest absolute Gasteiger partial charge is 0.340 e. The number of hydrogen-bond acceptors (Lipinski definition) is 9. The molecule has 0 spiro atoms. The Morgan fingerprint density at radius 1 is 1.21 bits per heavy atom. The van der Waals surface area contributed by atoms with E-state index in [0.717, 1.165) is 4.57 Å². The zero-order chi connectivity index (χ0) is 29.1. The predicted octanol–water partition coefficient (Wildman–Crippen LogP) is 2.89. The molecule has 0 radical (unpaired) electrons. The normalized spacial score (nSPS) is 17.4. The summed E-state index contributed by atoms with van der Waals surface area (Å²) in [4.78, 5) is 35.8. The lowest BCUT2D eigenvalue weighted by atomic mass is 10.0. The number of anilines is 1. The zero-order valence-corrected chi connectivity index (χ0v) is 23.2. The minimum Gasteiger partial charge on any atom is -0.386 e. The first kappa shape index (κ1) is 31.3. The van der Waals surface area contributed by atoms with Gasteiger partial charge in [-0.25, -0.2) is 9.37 Å². The Morgan fingerprint density at radius 2 is 1.90 bits per heavy atom. The van der Waals surface area contributed by atoms with Gasteiger partial charge in [0.25, 0.3) is 0 Å². The summed E-state index contributed by atoms with van der Waals surface area (Å²) in [5, 5.41) is 35.5. The van der Waals surface area contributed by atoms with E-state index in [9.17, 15) is 33.7 Å². The third-order valence-corrected chi connectivity index (χ3v) is 9.31. The molecule has 0 amide bonds. The molecule has 0 aliphatic heterocycles. The number of benzene rings is 1. The quantitative estimate of drug-likeness (QED) is 0.0900. The Bertz CT molecular complexity index is 1450. The highest BCUT2D eigenvalue weighted by molar-refractivity contribution is 7.70. The lowest BCUT2D eigenvalue weighted by molar-refractivity contribution is -0.0793. The lowest BCUT2D eigenvalue weighted by Gasteiger charge is -2.26. The standard InChI is InChI=1S/C22H28ClFN4O9P2/c1-3-13(10-37-39(35,36)11-38(32,33)34)17(29)18(30)21(31)28-8-7-16-19(26-22(23)27-20(16)28)25-12(2)14-5-4-6-15(24)9-14/h3-9,12,17-18,21,29-31H,10-11H2,1-2H3,(H,35,36)(H,25,26,27)(H2,32,33,34)/b13-3-/t12-,17+,18+,21+/m0/s1. The number of aromatic nitrogens is 3. The first-order valence-electron chi connectivity index (χ1n) is 11.4. The minimum absolute atomic E-state index is 0.0856. The molecule has 0 saturated heterocycles. The van der Waals surface area contributed by atoms with Gasteiger partial charge in [0.05, 0.1) is 18.0 Å². The van der Waals surface area contributed by atoms with E-state index in [2.05, 4.69) is 15.3 Å². The summed E-state index contributed by atoms with van der Waals surface area (Å²) in [6.07, 6.45) is -2.92. The number of nitrogens with one attached hydrogen (secondary N) is 1. The number of aliphatic hydroxyl groups excluding tert-OH is 3. The van der Waals surface area contributed by atoms with Gasteiger partial charge >= 0.3 is 15.2 Å². The maximum Gasteiger partial charge on any atom is 0.340 e. The summed E-state index contributed by atoms with van der Waals surface area (Å²) in [5.41, 5.74) is 0.574. The highest BCUT2D eigenvalue weighted by Crippen LogP contribution is 2.55. The van der Waals surface area contributed by atoms with Crippen molar-refractivity contribution >= 4 is 43.6 Å². The van der Waals surface area contributed by atoms with Crippen molar-refractivity contribution < 1.29 is 48.0 Å². The molecule has 2 aromatic heterocycles. The van der Waals surface area contributed by atoms with E-state index >= 15 is 0 Å². The number of aliphatic hydroxyl groups is 3. The van der Waals surface area contributed by atoms with E-state index in [4.69, 9.17) is 25.9 Å². The number of halogens is 2. The average molecular weight is 609 g/mol. The molecule has 0 saturated carbocycles. The Balaban J connectivity index is 1.81. The van der Waals surface area contributed by atoms with Crippen LogP contribution in [0.3, 0.4) is 0 Å². The van der Waals surface area contributed by atoms with Gasteiger partial charge in [0.1, 0.15) is 29.5 Å². The van der Waals surface area contributed by atoms with Gasteiger partial charge in [-0.05, 0) is 54.8 Å². The molecular formula is C22H28ClFN4O9P2. The molecule has 2 heterocycles. The summed E-state index contributed by atoms with van der Waals surface area (Å²) in [6.45, 7) is 2.43. The van der Waals surface area contributed by atoms with E-state index in [1.165, 1.54) is 37.4 Å². The zero-order valence-electron chi connectivity index (χ0n) is 20.7. The highest BCUT2D eigenvalue weighted by atomic mass is 35.5. The van der Waals surface area contributed by atoms with Crippen LogP contribution in [0, 0.1) is 5.82 Å². The maximum atomic E-state index is 13.7. The Labute approximate surface area is 227 Å². The molecule has 1 aromatic carbocycles. The molecule has 0 fully saturated rings. The summed E-state index contributed by atoms with van der Waals surface area (Å²) in [6, 6.07) is 7.07. The number of fused-ring (bicyclic) bond motifs is 1. The van der Waals surface area contributed by atoms with Crippen LogP contribution in [0.4, 0.5) is 10.2 Å². The molecular weight excluding hydrogens is 581 g/mol. The number of rotatable bonds is 12. The van der Waals surface area contributed by atoms with Crippen LogP contribution in [0.2, 0.25) is 5.28 Å². The molecule has 17 heteroatoms. The van der Waals surface area contributed by atoms with Crippen LogP contribution in [0.25, 0.3) is 11.0 Å². The van der Waals surface area contributed by atoms with Crippen molar-refractivity contribution in [3.8, 4) is 0 Å². The molecule has 3 rings (SSSR count). The SMILES string of the molecule is C/C=C(/COP(=O)(O)CP(=O)(O)O)[C@@H](O)[C@@H](O)[C@@H](O)n1ccc2c(N[C@@H](C)c3cccc(F)c3)nc(Cl)nc21. The van der Waals surface area contributed by atoms with E-state index in [0.29, 0.717) is 10.9 Å². The fourth-order valence-corrected chi connectivity index (χ4v) is 6.43. The molecule has 39 heavy (non-hydrogen) atoms. The molecule has 0 bridgehead atoms. The van der Waals surface area contributed by atoms with E-state index < -0.39 is 58.0 Å². The van der Waals surface area contributed by atoms with Gasteiger partial charge in [-0.1, -0.05) is 18.2 Å². The van der Waals surface area contributed by atoms with Crippen LogP contribution >= 0.6 is 26.8 Å². The highest BCUT2D eigenvalue weighted by Gasteiger charge is 2.34. The first-order valence-corrected chi connectivity index (χ1v) is 15.3. The minimum atomic E-state index is -4.87. The van der Waals surface area contributed by atoms with Crippen molar-refractivity contribution in [3.05, 3.63) is 64.8 Å². The second-order valence-corrected chi connectivity index (χ2v) is 13.0. The molecule has 3 aromatic rings. The summed E-state index contributed by atoms with van der Waals surface area (Å²) < 4.78 is 42.4. The third kappa shape index (κ3) is 8.15. The number of nitrogens with zero attached hydrogens (tertiary/aromatic N) is 3. The van der Waals surface area contributed by atoms with Crippen molar-refractivity contribution in [1.82, 2.24) is 14.5 Å². The van der Waals surface area contributed by atoms with Gasteiger partial charge in [-0.2, -0.15) is 4.98 Å². The largest absolute Gasteiger partial charge is 0.386 e. The monoisotopic (exact) mass is 608 g/mol. The number of hydrogen-bond donors (Lipinski definition) is 7. The molecule has 7 N–H and O–H groups in total. The summed E-state index contributed by atoms with van der Waals surface area (Å²) in [5.74, 6) is -1.58. The molecule has 1 unspecified atom stereocenters. The summed E-state index contributed by atoms with van der Waals surface area (Å²) in [7, 11) is -9.59. The van der Waals surface area contributed by atoms with Crippen molar-refractivity contribution in [3.63, 3.8) is 0 Å². The van der Waals surface area contributed by atoms with Crippen LogP contribution in [-0.2, 0) is 13.7 Å². The second-order valence-electron chi connectivity index (χ2n) is 8.65. The van der Waals surface area contributed by atoms with Crippen LogP contribution < -0.4 is 5.32 Å². The Hall–Kier alpha value is -2.22. The van der Waals surface area contributed by atoms with Gasteiger partial charge in [-0.3, -0.25) is 9.13 Å². The van der Waals surface area contributed by atoms with Gasteiger partial charge in [0.2, 0.25) is 5.28 Å². The second kappa shape index (κ2) is 12.5. The van der Waals surface area contributed by atoms with Crippen molar-refractivity contribution in [1.29, 1.82) is 0 Å². The Morgan fingerprint density at radius 3 is 2.51 bits per heavy atom. The van der Waals surface area contributed by atoms with Crippen LogP contribution in [0.5, 0.6) is 0 Å². The lowest BCUT2D eigenvalue weighted by Crippen LogP contribution is -2.37. The molecule has 13 nitrogen and oxygen atoms in total. The molecule has 214 valence electrons. The topological polar surface area (TPSA) is 207 Å². The average Bonchev–Trinajstić information content (AvgIpc) is 3.25. The fraction of sp³-hybridized carbons (Fsp3) is 0.364. The van der Waals surface area contributed by atoms with E-state index in [1.54, 1.807) is 19.1 Å². The molecule has 0 aliphatic rings. The van der Waals surface area contributed by atoms with Gasteiger partial charge in [0.15, 0.2) is 12.1 Å². The maximum absolute atomic E-state index is 13.7. The van der Waals surface area contributed by atoms with Gasteiger partial charge < -0.3 is 44.4 Å². The predicted molar refractivity (Wildman–Crippen MR) is 141 cm³/mol. The van der Waals surface area contributed by atoms with E-state index in [-0.39, 0.29) is 22.3 Å². The number of allylic oxidation sites excluding steroid dienone is 1. The van der Waals surface area contributed by atoms with Gasteiger partial charge in [-0.15, -0.1) is 0 Å². The van der Waals surface area contributed by atoms with Gasteiger partial charge in [0, 0.05) is 6.20 Å². The third-order valence-electron chi connectivity index (χ3n) is 5.71. The van der Waals surface area contributed by atoms with Crippen LogP contribution in [0.15, 0.2) is 48.2 Å². The van der Waals surface area contributed by atoms with E-state index in [1.807, 2.05) is 0 Å². The summed E-state index contributed by atoms with van der Waals surface area (Å²) >= 11 is 6.10. The fourth-order valence-electron chi connectivity index (χ4n) is 3.73. The first-order chi connectivity index (χ1) is 18.1. The Kier molecular flexibility index (Phi) is 10.1. The van der Waals surface area contributed by atoms with Crippen molar-refractivity contribution in [2.45, 2.75) is 38.3 Å². The molecule has 5 atom stereocenters. The van der Waals surface area contributed by atoms with Crippen LogP contribution in [-0.4, -0.2) is 69.3 Å². The van der Waals surface area contributed by atoms with Crippen molar-refractivity contribution in [2.24, 2.45) is 0 Å². The van der Waals surface area contributed by atoms with Crippen molar-refractivity contribution in [2.75, 3.05) is 17.8 Å².